The fraction of sp³-hybridized carbons (Fsp3) is 0.710. The fourth-order valence-corrected chi connectivity index (χ4v) is 7.72. The maximum Gasteiger partial charge on any atom is 0.342 e. The third kappa shape index (κ3) is 11.5. The lowest BCUT2D eigenvalue weighted by Gasteiger charge is -2.30. The van der Waals surface area contributed by atoms with Gasteiger partial charge in [-0.2, -0.15) is 21.7 Å². The smallest absolute Gasteiger partial charge is 0.342 e. The third-order valence-corrected chi connectivity index (χ3v) is 10.3. The second kappa shape index (κ2) is 16.9. The topological polar surface area (TPSA) is 211 Å². The van der Waals surface area contributed by atoms with E-state index in [2.05, 4.69) is 31.7 Å². The van der Waals surface area contributed by atoms with Crippen molar-refractivity contribution in [2.24, 2.45) is 10.8 Å². The number of anilines is 1. The summed E-state index contributed by atoms with van der Waals surface area (Å²) in [5, 5.41) is 17.1. The van der Waals surface area contributed by atoms with Crippen LogP contribution in [0.15, 0.2) is 17.8 Å². The van der Waals surface area contributed by atoms with E-state index in [1.807, 2.05) is 41.5 Å². The monoisotopic (exact) mass is 761 g/mol. The number of carbonyl (C=O) groups excluding carboxylic acids is 2. The molecule has 2 aromatic rings. The maximum atomic E-state index is 14.8. The molecule has 1 aliphatic rings. The summed E-state index contributed by atoms with van der Waals surface area (Å²) < 4.78 is 44.9. The lowest BCUT2D eigenvalue weighted by Crippen LogP contribution is -2.46. The molecule has 1 fully saturated rings. The molecule has 50 heavy (non-hydrogen) atoms. The molecular formula is C31H52N7O9PS2. The Bertz CT molecular complexity index is 1560. The van der Waals surface area contributed by atoms with Gasteiger partial charge in [0.1, 0.15) is 17.7 Å². The lowest BCUT2D eigenvalue weighted by molar-refractivity contribution is -0.148. The molecule has 3 rings (SSSR count). The molecule has 6 atom stereocenters. The third-order valence-electron chi connectivity index (χ3n) is 7.15. The quantitative estimate of drug-likeness (QED) is 0.133. The van der Waals surface area contributed by atoms with Crippen LogP contribution in [0.4, 0.5) is 5.95 Å². The SMILES string of the molecule is C=C(SC)[C@H](NP(=O)(N[C@@H](CSC)C(=O)OCC(C)(C)C)OC[C@@H]1C[C@@](C)(O)[C@H](n2cnc3c(OC)nc(N)nc32)O1)C(=O)OCC(C)(C)C. The van der Waals surface area contributed by atoms with Gasteiger partial charge in [-0.3, -0.25) is 13.9 Å². The Morgan fingerprint density at radius 3 is 2.34 bits per heavy atom. The molecule has 0 saturated carbocycles. The number of nitrogens with one attached hydrogen (secondary N) is 2. The molecule has 1 aliphatic heterocycles. The molecule has 282 valence electrons. The standard InChI is InChI=1S/C31H52N7O9PS2/c1-18(50-11)21(26(40)45-16-30(5,6)7)37-48(42,36-20(14-49-10)25(39)44-15-29(2,3)4)46-13-19-12-31(8,41)27(47-19)38-17-33-22-23(38)34-28(32)35-24(22)43-9/h17,19-21,27,41H,1,12-16H2,2-11H3,(H2,32,34,35)(H2,36,37,42)/t19-,20-,21-,27+,31+,48?/m0/s1. The highest BCUT2D eigenvalue weighted by Gasteiger charge is 2.47. The Balaban J connectivity index is 1.92. The molecule has 19 heteroatoms. The van der Waals surface area contributed by atoms with Crippen molar-refractivity contribution >= 4 is 60.2 Å². The number of aromatic nitrogens is 4. The minimum Gasteiger partial charge on any atom is -0.479 e. The summed E-state index contributed by atoms with van der Waals surface area (Å²) in [7, 11) is -2.89. The molecule has 0 spiro atoms. The number of aliphatic hydroxyl groups is 1. The van der Waals surface area contributed by atoms with Crippen LogP contribution in [0.5, 0.6) is 5.88 Å². The van der Waals surface area contributed by atoms with Crippen LogP contribution in [-0.4, -0.2) is 106 Å². The van der Waals surface area contributed by atoms with E-state index in [4.69, 9.17) is 29.2 Å². The number of fused-ring (bicyclic) bond motifs is 1. The van der Waals surface area contributed by atoms with Crippen LogP contribution < -0.4 is 20.6 Å². The van der Waals surface area contributed by atoms with Crippen LogP contribution in [0, 0.1) is 10.8 Å². The zero-order chi connectivity index (χ0) is 37.7. The van der Waals surface area contributed by atoms with Crippen molar-refractivity contribution in [3.8, 4) is 5.88 Å². The van der Waals surface area contributed by atoms with E-state index in [0.29, 0.717) is 10.4 Å². The van der Waals surface area contributed by atoms with Gasteiger partial charge < -0.3 is 34.3 Å². The van der Waals surface area contributed by atoms with Gasteiger partial charge in [-0.05, 0) is 30.3 Å². The minimum atomic E-state index is -4.32. The number of nitrogen functional groups attached to an aromatic ring is 1. The normalized spacial score (nSPS) is 22.1. The first kappa shape index (κ1) is 42.0. The van der Waals surface area contributed by atoms with Crippen LogP contribution >= 0.6 is 31.2 Å². The minimum absolute atomic E-state index is 0.0471. The first-order valence-corrected chi connectivity index (χ1v) is 20.1. The summed E-state index contributed by atoms with van der Waals surface area (Å²) in [5.41, 5.74) is 4.36. The highest BCUT2D eigenvalue weighted by Crippen LogP contribution is 2.45. The van der Waals surface area contributed by atoms with Crippen molar-refractivity contribution in [3.05, 3.63) is 17.8 Å². The van der Waals surface area contributed by atoms with Crippen LogP contribution in [-0.2, 0) is 32.9 Å². The molecule has 0 aromatic carbocycles. The zero-order valence-electron chi connectivity index (χ0n) is 30.5. The summed E-state index contributed by atoms with van der Waals surface area (Å²) in [6.45, 7) is 16.9. The average molecular weight is 762 g/mol. The number of imidazole rings is 1. The molecule has 3 heterocycles. The molecule has 0 amide bonds. The van der Waals surface area contributed by atoms with Gasteiger partial charge in [0.25, 0.3) is 0 Å². The summed E-state index contributed by atoms with van der Waals surface area (Å²) in [6, 6.07) is -2.36. The Labute approximate surface area is 302 Å². The Kier molecular flexibility index (Phi) is 14.2. The highest BCUT2D eigenvalue weighted by molar-refractivity contribution is 8.02. The molecular weight excluding hydrogens is 709 g/mol. The predicted octanol–water partition coefficient (Wildman–Crippen LogP) is 3.92. The number of rotatable bonds is 17. The number of carbonyl (C=O) groups is 2. The van der Waals surface area contributed by atoms with Crippen molar-refractivity contribution in [3.63, 3.8) is 0 Å². The van der Waals surface area contributed by atoms with Gasteiger partial charge in [-0.15, -0.1) is 11.8 Å². The van der Waals surface area contributed by atoms with Gasteiger partial charge in [-0.1, -0.05) is 48.1 Å². The van der Waals surface area contributed by atoms with E-state index in [9.17, 15) is 19.3 Å². The van der Waals surface area contributed by atoms with Crippen molar-refractivity contribution in [1.82, 2.24) is 29.7 Å². The van der Waals surface area contributed by atoms with Crippen LogP contribution in [0.25, 0.3) is 11.2 Å². The Hall–Kier alpha value is -2.44. The Morgan fingerprint density at radius 2 is 1.78 bits per heavy atom. The molecule has 16 nitrogen and oxygen atoms in total. The van der Waals surface area contributed by atoms with Gasteiger partial charge in [0, 0.05) is 17.1 Å². The van der Waals surface area contributed by atoms with E-state index in [-0.39, 0.29) is 60.3 Å². The highest BCUT2D eigenvalue weighted by atomic mass is 32.2. The largest absolute Gasteiger partial charge is 0.479 e. The summed E-state index contributed by atoms with van der Waals surface area (Å²) >= 11 is 2.50. The van der Waals surface area contributed by atoms with Gasteiger partial charge in [0.15, 0.2) is 17.4 Å². The zero-order valence-corrected chi connectivity index (χ0v) is 33.0. The number of methoxy groups -OCH3 is 1. The number of hydrogen-bond donors (Lipinski definition) is 4. The summed E-state index contributed by atoms with van der Waals surface area (Å²) in [5.74, 6) is -1.08. The molecule has 0 bridgehead atoms. The second-order valence-corrected chi connectivity index (χ2v) is 18.4. The van der Waals surface area contributed by atoms with E-state index in [0.717, 1.165) is 0 Å². The van der Waals surface area contributed by atoms with E-state index >= 15 is 0 Å². The lowest BCUT2D eigenvalue weighted by atomic mass is 9.99. The Morgan fingerprint density at radius 1 is 1.16 bits per heavy atom. The number of hydrogen-bond acceptors (Lipinski definition) is 15. The van der Waals surface area contributed by atoms with Crippen molar-refractivity contribution in [1.29, 1.82) is 0 Å². The van der Waals surface area contributed by atoms with Crippen LogP contribution in [0.1, 0.15) is 61.1 Å². The van der Waals surface area contributed by atoms with Crippen molar-refractivity contribution < 1.29 is 42.7 Å². The number of esters is 2. The number of ether oxygens (including phenoxy) is 4. The van der Waals surface area contributed by atoms with Gasteiger partial charge >= 0.3 is 19.6 Å². The van der Waals surface area contributed by atoms with Crippen molar-refractivity contribution in [2.75, 3.05) is 50.9 Å². The van der Waals surface area contributed by atoms with Crippen LogP contribution in [0.2, 0.25) is 0 Å². The molecule has 0 radical (unpaired) electrons. The first-order chi connectivity index (χ1) is 23.1. The summed E-state index contributed by atoms with van der Waals surface area (Å²) in [6.07, 6.45) is 3.16. The molecule has 0 aliphatic carbocycles. The van der Waals surface area contributed by atoms with E-state index < -0.39 is 49.6 Å². The van der Waals surface area contributed by atoms with Gasteiger partial charge in [0.05, 0.1) is 39.4 Å². The number of nitrogens with zero attached hydrogens (tertiary/aromatic N) is 4. The van der Waals surface area contributed by atoms with Gasteiger partial charge in [-0.25, -0.2) is 20.0 Å². The number of nitrogens with two attached hydrogens (primary N) is 1. The maximum absolute atomic E-state index is 14.8. The van der Waals surface area contributed by atoms with Crippen LogP contribution in [0.3, 0.4) is 0 Å². The predicted molar refractivity (Wildman–Crippen MR) is 195 cm³/mol. The molecule has 2 aromatic heterocycles. The first-order valence-electron chi connectivity index (χ1n) is 15.9. The molecule has 5 N–H and O–H groups in total. The fourth-order valence-electron chi connectivity index (χ4n) is 4.76. The molecule has 1 unspecified atom stereocenters. The average Bonchev–Trinajstić information content (AvgIpc) is 3.57. The summed E-state index contributed by atoms with van der Waals surface area (Å²) in [4.78, 5) is 39.6. The molecule has 1 saturated heterocycles. The van der Waals surface area contributed by atoms with Crippen molar-refractivity contribution in [2.45, 2.75) is 84.9 Å². The van der Waals surface area contributed by atoms with Gasteiger partial charge in [0.2, 0.25) is 11.8 Å². The second-order valence-electron chi connectivity index (χ2n) is 14.6. The van der Waals surface area contributed by atoms with E-state index in [1.165, 1.54) is 41.5 Å². The van der Waals surface area contributed by atoms with E-state index in [1.54, 1.807) is 19.4 Å². The number of thioether (sulfide) groups is 2.